The molecule has 3 aromatic rings. The highest BCUT2D eigenvalue weighted by Gasteiger charge is 2.25. The molecule has 1 N–H and O–H groups in total. The van der Waals surface area contributed by atoms with E-state index in [0.717, 1.165) is 36.1 Å². The van der Waals surface area contributed by atoms with Gasteiger partial charge < -0.3 is 14.6 Å². The Bertz CT molecular complexity index is 1260. The Morgan fingerprint density at radius 3 is 3.00 bits per heavy atom. The highest BCUT2D eigenvalue weighted by atomic mass is 35.5. The number of benzene rings is 1. The summed E-state index contributed by atoms with van der Waals surface area (Å²) in [6.45, 7) is 6.07. The van der Waals surface area contributed by atoms with Crippen LogP contribution in [0.3, 0.4) is 0 Å². The molecule has 0 aliphatic heterocycles. The molecule has 2 atom stereocenters. The number of anilines is 1. The number of nitriles is 1. The summed E-state index contributed by atoms with van der Waals surface area (Å²) in [5.41, 5.74) is 2.67. The minimum absolute atomic E-state index is 0.168. The van der Waals surface area contributed by atoms with Crippen molar-refractivity contribution in [2.24, 2.45) is 13.0 Å². The first-order valence-corrected chi connectivity index (χ1v) is 13.2. The summed E-state index contributed by atoms with van der Waals surface area (Å²) in [5, 5.41) is 23.0. The van der Waals surface area contributed by atoms with Crippen LogP contribution in [0.4, 0.5) is 5.00 Å². The fourth-order valence-electron chi connectivity index (χ4n) is 4.04. The summed E-state index contributed by atoms with van der Waals surface area (Å²) in [5.74, 6) is 2.00. The molecule has 10 heteroatoms. The number of thioether (sulfide) groups is 1. The van der Waals surface area contributed by atoms with E-state index in [1.165, 1.54) is 28.0 Å². The molecule has 1 aliphatic carbocycles. The number of amides is 1. The number of hydrogen-bond donors (Lipinski definition) is 1. The zero-order valence-corrected chi connectivity index (χ0v) is 21.9. The Labute approximate surface area is 212 Å². The van der Waals surface area contributed by atoms with Crippen LogP contribution in [0.2, 0.25) is 5.02 Å². The fraction of sp³-hybridized carbons (Fsp3) is 0.417. The molecule has 2 heterocycles. The van der Waals surface area contributed by atoms with Gasteiger partial charge in [0.15, 0.2) is 17.1 Å². The predicted octanol–water partition coefficient (Wildman–Crippen LogP) is 5.71. The van der Waals surface area contributed by atoms with Crippen molar-refractivity contribution in [2.45, 2.75) is 51.3 Å². The van der Waals surface area contributed by atoms with Crippen molar-refractivity contribution in [3.63, 3.8) is 0 Å². The van der Waals surface area contributed by atoms with E-state index in [9.17, 15) is 10.1 Å². The van der Waals surface area contributed by atoms with Crippen LogP contribution in [0.5, 0.6) is 5.75 Å². The van der Waals surface area contributed by atoms with Gasteiger partial charge in [0.1, 0.15) is 16.8 Å². The Hall–Kier alpha value is -2.54. The van der Waals surface area contributed by atoms with E-state index in [-0.39, 0.29) is 17.8 Å². The molecule has 2 aromatic heterocycles. The lowest BCUT2D eigenvalue weighted by atomic mass is 9.89. The number of hydrogen-bond acceptors (Lipinski definition) is 7. The van der Waals surface area contributed by atoms with E-state index < -0.39 is 0 Å². The molecular weight excluding hydrogens is 490 g/mol. The molecule has 0 fully saturated rings. The van der Waals surface area contributed by atoms with Crippen LogP contribution < -0.4 is 10.1 Å². The molecule has 0 bridgehead atoms. The minimum atomic E-state index is -0.335. The number of nitrogens with zero attached hydrogens (tertiary/aromatic N) is 4. The maximum atomic E-state index is 12.7. The summed E-state index contributed by atoms with van der Waals surface area (Å²) in [6, 6.07) is 7.76. The van der Waals surface area contributed by atoms with Gasteiger partial charge in [-0.1, -0.05) is 30.3 Å². The van der Waals surface area contributed by atoms with Gasteiger partial charge in [0.25, 0.3) is 0 Å². The van der Waals surface area contributed by atoms with Crippen molar-refractivity contribution in [3.8, 4) is 11.8 Å². The van der Waals surface area contributed by atoms with Crippen LogP contribution in [0, 0.1) is 24.2 Å². The van der Waals surface area contributed by atoms with Gasteiger partial charge in [0, 0.05) is 16.9 Å². The number of fused-ring (bicyclic) bond motifs is 1. The molecule has 0 radical (unpaired) electrons. The zero-order valence-electron chi connectivity index (χ0n) is 19.5. The lowest BCUT2D eigenvalue weighted by Gasteiger charge is -2.17. The van der Waals surface area contributed by atoms with Gasteiger partial charge in [0.2, 0.25) is 5.91 Å². The number of rotatable bonds is 7. The minimum Gasteiger partial charge on any atom is -0.482 e. The standard InChI is InChI=1S/C24H26ClN5O2S2/c1-13-5-7-17-18(11-26)23(34-20(17)9-13)27-21(31)12-33-24-29-28-22(30(24)4)15(3)32-19-8-6-16(25)10-14(19)2/h6,8,10,13,15H,5,7,9,12H2,1-4H3,(H,27,31). The van der Waals surface area contributed by atoms with Crippen molar-refractivity contribution in [2.75, 3.05) is 11.1 Å². The lowest BCUT2D eigenvalue weighted by Crippen LogP contribution is -2.15. The maximum absolute atomic E-state index is 12.7. The van der Waals surface area contributed by atoms with Gasteiger partial charge in [-0.2, -0.15) is 5.26 Å². The Kier molecular flexibility index (Phi) is 7.51. The van der Waals surface area contributed by atoms with Crippen LogP contribution in [0.1, 0.15) is 53.8 Å². The monoisotopic (exact) mass is 515 g/mol. The quantitative estimate of drug-likeness (QED) is 0.405. The van der Waals surface area contributed by atoms with Gasteiger partial charge in [-0.3, -0.25) is 4.79 Å². The van der Waals surface area contributed by atoms with E-state index in [1.807, 2.05) is 37.6 Å². The average Bonchev–Trinajstić information content (AvgIpc) is 3.32. The molecule has 0 spiro atoms. The molecule has 2 unspecified atom stereocenters. The summed E-state index contributed by atoms with van der Waals surface area (Å²) in [6.07, 6.45) is 2.61. The average molecular weight is 516 g/mol. The number of ether oxygens (including phenoxy) is 1. The van der Waals surface area contributed by atoms with Crippen LogP contribution >= 0.6 is 34.7 Å². The zero-order chi connectivity index (χ0) is 24.4. The van der Waals surface area contributed by atoms with Crippen molar-refractivity contribution in [3.05, 3.63) is 50.6 Å². The lowest BCUT2D eigenvalue weighted by molar-refractivity contribution is -0.113. The maximum Gasteiger partial charge on any atom is 0.235 e. The highest BCUT2D eigenvalue weighted by molar-refractivity contribution is 7.99. The molecule has 7 nitrogen and oxygen atoms in total. The second kappa shape index (κ2) is 10.4. The second-order valence-electron chi connectivity index (χ2n) is 8.57. The Morgan fingerprint density at radius 1 is 1.47 bits per heavy atom. The fourth-order valence-corrected chi connectivity index (χ4v) is 6.37. The molecule has 1 aliphatic rings. The number of halogens is 1. The topological polar surface area (TPSA) is 92.8 Å². The van der Waals surface area contributed by atoms with E-state index in [1.54, 1.807) is 6.07 Å². The third-order valence-corrected chi connectivity index (χ3v) is 8.31. The second-order valence-corrected chi connectivity index (χ2v) is 11.1. The van der Waals surface area contributed by atoms with Crippen LogP contribution in [-0.4, -0.2) is 26.4 Å². The Balaban J connectivity index is 1.38. The van der Waals surface area contributed by atoms with E-state index >= 15 is 0 Å². The molecule has 34 heavy (non-hydrogen) atoms. The van der Waals surface area contributed by atoms with Gasteiger partial charge in [0.05, 0.1) is 11.3 Å². The third kappa shape index (κ3) is 5.24. The van der Waals surface area contributed by atoms with Gasteiger partial charge in [-0.25, -0.2) is 0 Å². The smallest absolute Gasteiger partial charge is 0.235 e. The number of nitrogens with one attached hydrogen (secondary N) is 1. The van der Waals surface area contributed by atoms with E-state index in [4.69, 9.17) is 16.3 Å². The summed E-state index contributed by atoms with van der Waals surface area (Å²) in [4.78, 5) is 13.9. The normalized spacial score (nSPS) is 15.9. The predicted molar refractivity (Wildman–Crippen MR) is 136 cm³/mol. The van der Waals surface area contributed by atoms with Crippen molar-refractivity contribution < 1.29 is 9.53 Å². The summed E-state index contributed by atoms with van der Waals surface area (Å²) in [7, 11) is 1.85. The highest BCUT2D eigenvalue weighted by Crippen LogP contribution is 2.39. The van der Waals surface area contributed by atoms with Crippen LogP contribution in [0.15, 0.2) is 23.4 Å². The van der Waals surface area contributed by atoms with Crippen molar-refractivity contribution in [1.82, 2.24) is 14.8 Å². The number of carbonyl (C=O) groups excluding carboxylic acids is 1. The first-order valence-electron chi connectivity index (χ1n) is 11.1. The molecule has 178 valence electrons. The SMILES string of the molecule is Cc1cc(Cl)ccc1OC(C)c1nnc(SCC(=O)Nc2sc3c(c2C#N)CCC(C)C3)n1C. The molecule has 0 saturated heterocycles. The molecule has 1 amide bonds. The van der Waals surface area contributed by atoms with Crippen LogP contribution in [-0.2, 0) is 24.7 Å². The molecule has 4 rings (SSSR count). The Morgan fingerprint density at radius 2 is 2.26 bits per heavy atom. The molecule has 1 aromatic carbocycles. The van der Waals surface area contributed by atoms with Crippen molar-refractivity contribution >= 4 is 45.6 Å². The largest absolute Gasteiger partial charge is 0.482 e. The van der Waals surface area contributed by atoms with E-state index in [2.05, 4.69) is 28.5 Å². The van der Waals surface area contributed by atoms with Gasteiger partial charge >= 0.3 is 0 Å². The first-order chi connectivity index (χ1) is 16.3. The summed E-state index contributed by atoms with van der Waals surface area (Å²) >= 11 is 8.86. The number of carbonyl (C=O) groups is 1. The van der Waals surface area contributed by atoms with Crippen molar-refractivity contribution in [1.29, 1.82) is 5.26 Å². The van der Waals surface area contributed by atoms with Crippen LogP contribution in [0.25, 0.3) is 0 Å². The summed E-state index contributed by atoms with van der Waals surface area (Å²) < 4.78 is 7.89. The number of aryl methyl sites for hydroxylation is 1. The van der Waals surface area contributed by atoms with Gasteiger partial charge in [-0.05, 0) is 68.4 Å². The third-order valence-electron chi connectivity index (χ3n) is 5.88. The first kappa shape index (κ1) is 24.6. The molecular formula is C24H26ClN5O2S2. The molecule has 0 saturated carbocycles. The number of aromatic nitrogens is 3. The van der Waals surface area contributed by atoms with Gasteiger partial charge in [-0.15, -0.1) is 21.5 Å². The number of thiophene rings is 1. The van der Waals surface area contributed by atoms with E-state index in [0.29, 0.717) is 32.5 Å².